The summed E-state index contributed by atoms with van der Waals surface area (Å²) in [7, 11) is -2.20. The van der Waals surface area contributed by atoms with Crippen LogP contribution in [0.4, 0.5) is 0 Å². The molecule has 1 aromatic carbocycles. The summed E-state index contributed by atoms with van der Waals surface area (Å²) >= 11 is 3.37. The standard InChI is InChI=1S/C26H35BrN2O3S.C2H6/c1-19(2)22-12-8-11-21(15-22)17-28-26(30)23-13-14-24(27)25(16-23)33(31,32)29(3)18-20-9-6-4-5-7-10-20;1-2/h4-7,9,13-14,16,19,21-22H,8,10-12,15,17-18H2,1-3H3,(H,28,30);1-2H3/t21-,22+;/m0./s1. The third-order valence-electron chi connectivity index (χ3n) is 6.70. The molecule has 1 aromatic rings. The first-order valence-electron chi connectivity index (χ1n) is 12.7. The van der Waals surface area contributed by atoms with Gasteiger partial charge in [0.15, 0.2) is 0 Å². The van der Waals surface area contributed by atoms with Crippen LogP contribution in [0.2, 0.25) is 0 Å². The molecule has 0 aromatic heterocycles. The molecule has 1 N–H and O–H groups in total. The maximum absolute atomic E-state index is 13.3. The fourth-order valence-electron chi connectivity index (χ4n) is 4.58. The highest BCUT2D eigenvalue weighted by Crippen LogP contribution is 2.33. The summed E-state index contributed by atoms with van der Waals surface area (Å²) in [6, 6.07) is 4.78. The Morgan fingerprint density at radius 1 is 1.17 bits per heavy atom. The average molecular weight is 566 g/mol. The number of benzene rings is 1. The predicted octanol–water partition coefficient (Wildman–Crippen LogP) is 6.73. The molecule has 194 valence electrons. The van der Waals surface area contributed by atoms with Gasteiger partial charge in [0.05, 0.1) is 4.90 Å². The topological polar surface area (TPSA) is 66.5 Å². The zero-order valence-electron chi connectivity index (χ0n) is 21.8. The number of nitrogens with zero attached hydrogens (tertiary/aromatic N) is 1. The van der Waals surface area contributed by atoms with Crippen LogP contribution in [0.5, 0.6) is 0 Å². The Hall–Kier alpha value is -1.70. The molecule has 5 nitrogen and oxygen atoms in total. The van der Waals surface area contributed by atoms with Crippen molar-refractivity contribution in [3.63, 3.8) is 0 Å². The molecular weight excluding hydrogens is 524 g/mol. The molecule has 0 radical (unpaired) electrons. The van der Waals surface area contributed by atoms with Crippen LogP contribution in [0.3, 0.4) is 0 Å². The Bertz CT molecular complexity index is 1040. The number of rotatable bonds is 8. The summed E-state index contributed by atoms with van der Waals surface area (Å²) < 4.78 is 28.4. The molecule has 0 bridgehead atoms. The Balaban J connectivity index is 0.00000210. The summed E-state index contributed by atoms with van der Waals surface area (Å²) in [6.45, 7) is 9.46. The van der Waals surface area contributed by atoms with E-state index in [0.717, 1.165) is 24.3 Å². The maximum Gasteiger partial charge on any atom is 0.251 e. The van der Waals surface area contributed by atoms with Crippen LogP contribution in [0, 0.1) is 17.8 Å². The van der Waals surface area contributed by atoms with Crippen LogP contribution in [-0.2, 0) is 10.0 Å². The van der Waals surface area contributed by atoms with Gasteiger partial charge in [0, 0.05) is 30.2 Å². The average Bonchev–Trinajstić information content (AvgIpc) is 3.12. The highest BCUT2D eigenvalue weighted by molar-refractivity contribution is 9.10. The van der Waals surface area contributed by atoms with Crippen molar-refractivity contribution in [3.8, 4) is 0 Å². The van der Waals surface area contributed by atoms with Crippen LogP contribution in [0.15, 0.2) is 63.5 Å². The van der Waals surface area contributed by atoms with Crippen LogP contribution in [-0.4, -0.2) is 38.8 Å². The Morgan fingerprint density at radius 2 is 1.91 bits per heavy atom. The monoisotopic (exact) mass is 564 g/mol. The van der Waals surface area contributed by atoms with Crippen LogP contribution in [0.25, 0.3) is 0 Å². The molecule has 7 heteroatoms. The van der Waals surface area contributed by atoms with Gasteiger partial charge in [-0.2, -0.15) is 4.31 Å². The van der Waals surface area contributed by atoms with Crippen molar-refractivity contribution in [2.75, 3.05) is 20.1 Å². The number of nitrogens with one attached hydrogen (secondary N) is 1. The third kappa shape index (κ3) is 8.43. The summed E-state index contributed by atoms with van der Waals surface area (Å²) in [5.41, 5.74) is 1.37. The number of allylic oxidation sites excluding steroid dienone is 5. The van der Waals surface area contributed by atoms with E-state index >= 15 is 0 Å². The number of amides is 1. The van der Waals surface area contributed by atoms with E-state index in [2.05, 4.69) is 35.1 Å². The van der Waals surface area contributed by atoms with Gasteiger partial charge in [-0.05, 0) is 71.1 Å². The molecule has 1 fully saturated rings. The first-order valence-corrected chi connectivity index (χ1v) is 15.0. The normalized spacial score (nSPS) is 20.2. The zero-order valence-corrected chi connectivity index (χ0v) is 24.2. The Morgan fingerprint density at radius 3 is 2.63 bits per heavy atom. The second kappa shape index (κ2) is 14.1. The molecule has 0 aliphatic heterocycles. The molecule has 3 rings (SSSR count). The Kier molecular flexibility index (Phi) is 11.9. The molecule has 0 spiro atoms. The van der Waals surface area contributed by atoms with Crippen molar-refractivity contribution in [1.29, 1.82) is 0 Å². The fourth-order valence-corrected chi connectivity index (χ4v) is 6.71. The highest BCUT2D eigenvalue weighted by Gasteiger charge is 2.27. The second-order valence-corrected chi connectivity index (χ2v) is 12.4. The summed E-state index contributed by atoms with van der Waals surface area (Å²) in [6.07, 6.45) is 15.2. The van der Waals surface area contributed by atoms with Crippen molar-refractivity contribution in [1.82, 2.24) is 9.62 Å². The molecule has 0 heterocycles. The SMILES string of the molecule is CC.CC(C)[C@@H]1CCC[C@H](CNC(=O)c2ccc(Br)c(S(=O)(=O)N(C)CC3=CC=CC=CC3)c2)C1. The van der Waals surface area contributed by atoms with Crippen LogP contribution in [0.1, 0.15) is 70.2 Å². The quantitative estimate of drug-likeness (QED) is 0.380. The highest BCUT2D eigenvalue weighted by atomic mass is 79.9. The lowest BCUT2D eigenvalue weighted by atomic mass is 9.76. The fraction of sp³-hybridized carbons (Fsp3) is 0.536. The van der Waals surface area contributed by atoms with Crippen LogP contribution >= 0.6 is 15.9 Å². The summed E-state index contributed by atoms with van der Waals surface area (Å²) in [5, 5.41) is 3.04. The first kappa shape index (κ1) is 29.5. The third-order valence-corrected chi connectivity index (χ3v) is 9.49. The number of sulfonamides is 1. The van der Waals surface area contributed by atoms with E-state index in [1.165, 1.54) is 23.2 Å². The van der Waals surface area contributed by atoms with Crippen molar-refractivity contribution in [3.05, 3.63) is 64.2 Å². The molecule has 0 saturated heterocycles. The van der Waals surface area contributed by atoms with Crippen molar-refractivity contribution in [2.24, 2.45) is 17.8 Å². The number of likely N-dealkylation sites (N-methyl/N-ethyl adjacent to an activating group) is 1. The van der Waals surface area contributed by atoms with E-state index < -0.39 is 10.0 Å². The maximum atomic E-state index is 13.3. The Labute approximate surface area is 220 Å². The number of carbonyl (C=O) groups is 1. The minimum Gasteiger partial charge on any atom is -0.352 e. The summed E-state index contributed by atoms with van der Waals surface area (Å²) in [5.74, 6) is 1.64. The van der Waals surface area contributed by atoms with E-state index in [4.69, 9.17) is 0 Å². The van der Waals surface area contributed by atoms with Crippen molar-refractivity contribution in [2.45, 2.75) is 64.7 Å². The van der Waals surface area contributed by atoms with E-state index in [9.17, 15) is 13.2 Å². The first-order chi connectivity index (χ1) is 16.7. The molecule has 1 saturated carbocycles. The van der Waals surface area contributed by atoms with Gasteiger partial charge in [-0.25, -0.2) is 8.42 Å². The van der Waals surface area contributed by atoms with Gasteiger partial charge in [-0.3, -0.25) is 4.79 Å². The molecule has 2 aliphatic rings. The predicted molar refractivity (Wildman–Crippen MR) is 149 cm³/mol. The number of halogens is 1. The van der Waals surface area contributed by atoms with Crippen LogP contribution < -0.4 is 5.32 Å². The lowest BCUT2D eigenvalue weighted by Gasteiger charge is -2.31. The molecule has 0 unspecified atom stereocenters. The number of hydrogen-bond acceptors (Lipinski definition) is 3. The molecule has 1 amide bonds. The van der Waals surface area contributed by atoms with E-state index in [0.29, 0.717) is 41.4 Å². The molecule has 2 atom stereocenters. The number of hydrogen-bond donors (Lipinski definition) is 1. The largest absolute Gasteiger partial charge is 0.352 e. The lowest BCUT2D eigenvalue weighted by Crippen LogP contribution is -2.33. The van der Waals surface area contributed by atoms with Crippen molar-refractivity contribution < 1.29 is 13.2 Å². The van der Waals surface area contributed by atoms with E-state index in [1.807, 2.05) is 44.2 Å². The van der Waals surface area contributed by atoms with Gasteiger partial charge < -0.3 is 5.32 Å². The van der Waals surface area contributed by atoms with Gasteiger partial charge in [0.25, 0.3) is 5.91 Å². The summed E-state index contributed by atoms with van der Waals surface area (Å²) in [4.78, 5) is 13.0. The zero-order chi connectivity index (χ0) is 26.0. The molecular formula is C28H41BrN2O3S. The van der Waals surface area contributed by atoms with Gasteiger partial charge in [0.1, 0.15) is 0 Å². The van der Waals surface area contributed by atoms with E-state index in [1.54, 1.807) is 19.2 Å². The van der Waals surface area contributed by atoms with Gasteiger partial charge in [-0.15, -0.1) is 0 Å². The minimum absolute atomic E-state index is 0.107. The van der Waals surface area contributed by atoms with Gasteiger partial charge in [0.2, 0.25) is 10.0 Å². The van der Waals surface area contributed by atoms with Gasteiger partial charge in [-0.1, -0.05) is 76.5 Å². The van der Waals surface area contributed by atoms with Gasteiger partial charge >= 0.3 is 0 Å². The smallest absolute Gasteiger partial charge is 0.251 e. The molecule has 35 heavy (non-hydrogen) atoms. The minimum atomic E-state index is -3.77. The van der Waals surface area contributed by atoms with E-state index in [-0.39, 0.29) is 10.8 Å². The number of carbonyl (C=O) groups excluding carboxylic acids is 1. The second-order valence-electron chi connectivity index (χ2n) is 9.50. The van der Waals surface area contributed by atoms with Crippen molar-refractivity contribution >= 4 is 31.9 Å². The lowest BCUT2D eigenvalue weighted by molar-refractivity contribution is 0.0937. The molecule has 2 aliphatic carbocycles.